The molecule has 2 aromatic carbocycles. The maximum atomic E-state index is 12.6. The number of rotatable bonds is 9. The largest absolute Gasteiger partial charge is 0.462 e. The fourth-order valence-corrected chi connectivity index (χ4v) is 3.10. The molecule has 0 saturated carbocycles. The second-order valence-corrected chi connectivity index (χ2v) is 6.98. The van der Waals surface area contributed by atoms with Crippen LogP contribution in [-0.4, -0.2) is 23.5 Å². The van der Waals surface area contributed by atoms with E-state index in [4.69, 9.17) is 9.47 Å². The van der Waals surface area contributed by atoms with Gasteiger partial charge in [-0.2, -0.15) is 0 Å². The Morgan fingerprint density at radius 2 is 1.61 bits per heavy atom. The number of benzene rings is 2. The first kappa shape index (κ1) is 22.2. The van der Waals surface area contributed by atoms with E-state index in [0.29, 0.717) is 31.0 Å². The van der Waals surface area contributed by atoms with Gasteiger partial charge in [0, 0.05) is 6.54 Å². The summed E-state index contributed by atoms with van der Waals surface area (Å²) in [5, 5.41) is 2.89. The van der Waals surface area contributed by atoms with Crippen molar-refractivity contribution >= 4 is 11.9 Å². The van der Waals surface area contributed by atoms with E-state index in [9.17, 15) is 9.59 Å². The molecule has 3 aromatic rings. The molecule has 0 aliphatic rings. The van der Waals surface area contributed by atoms with Crippen LogP contribution >= 0.6 is 0 Å². The van der Waals surface area contributed by atoms with Crippen molar-refractivity contribution in [3.63, 3.8) is 0 Å². The molecule has 160 valence electrons. The molecular formula is C25H26N2O4. The molecule has 0 aliphatic carbocycles. The quantitative estimate of drug-likeness (QED) is 0.527. The second kappa shape index (κ2) is 11.0. The summed E-state index contributed by atoms with van der Waals surface area (Å²) in [6.07, 6.45) is 0. The van der Waals surface area contributed by atoms with Crippen molar-refractivity contribution in [2.75, 3.05) is 6.61 Å². The molecule has 6 heteroatoms. The number of carbonyl (C=O) groups excluding carboxylic acids is 2. The lowest BCUT2D eigenvalue weighted by Crippen LogP contribution is -2.25. The monoisotopic (exact) mass is 418 g/mol. The van der Waals surface area contributed by atoms with Gasteiger partial charge in [-0.1, -0.05) is 54.6 Å². The van der Waals surface area contributed by atoms with Gasteiger partial charge in [0.25, 0.3) is 5.91 Å². The third-order valence-electron chi connectivity index (χ3n) is 4.74. The van der Waals surface area contributed by atoms with Crippen molar-refractivity contribution in [1.29, 1.82) is 0 Å². The van der Waals surface area contributed by atoms with Gasteiger partial charge >= 0.3 is 5.97 Å². The van der Waals surface area contributed by atoms with E-state index >= 15 is 0 Å². The Balaban J connectivity index is 1.59. The third kappa shape index (κ3) is 6.23. The van der Waals surface area contributed by atoms with Crippen molar-refractivity contribution in [2.24, 2.45) is 0 Å². The van der Waals surface area contributed by atoms with E-state index in [2.05, 4.69) is 10.3 Å². The highest BCUT2D eigenvalue weighted by Gasteiger charge is 2.15. The zero-order chi connectivity index (χ0) is 22.1. The summed E-state index contributed by atoms with van der Waals surface area (Å²) in [6, 6.07) is 20.9. The van der Waals surface area contributed by atoms with Crippen LogP contribution in [0, 0.1) is 6.92 Å². The highest BCUT2D eigenvalue weighted by molar-refractivity contribution is 5.95. The van der Waals surface area contributed by atoms with Crippen LogP contribution in [0.3, 0.4) is 0 Å². The molecule has 0 saturated heterocycles. The van der Waals surface area contributed by atoms with Crippen molar-refractivity contribution in [2.45, 2.75) is 33.6 Å². The Hall–Kier alpha value is -3.51. The zero-order valence-electron chi connectivity index (χ0n) is 17.8. The summed E-state index contributed by atoms with van der Waals surface area (Å²) in [6.45, 7) is 5.04. The number of hydrogen-bond acceptors (Lipinski definition) is 5. The summed E-state index contributed by atoms with van der Waals surface area (Å²) < 4.78 is 10.8. The Kier molecular flexibility index (Phi) is 7.90. The molecule has 1 heterocycles. The average Bonchev–Trinajstić information content (AvgIpc) is 2.79. The van der Waals surface area contributed by atoms with Crippen LogP contribution in [0.25, 0.3) is 0 Å². The lowest BCUT2D eigenvalue weighted by atomic mass is 10.1. The van der Waals surface area contributed by atoms with Crippen LogP contribution in [0.1, 0.15) is 50.2 Å². The number of ether oxygens (including phenoxy) is 2. The Labute approximate surface area is 182 Å². The van der Waals surface area contributed by atoms with Gasteiger partial charge in [0.15, 0.2) is 0 Å². The fourth-order valence-electron chi connectivity index (χ4n) is 3.10. The first-order valence-electron chi connectivity index (χ1n) is 10.2. The van der Waals surface area contributed by atoms with Gasteiger partial charge < -0.3 is 14.8 Å². The molecule has 0 spiro atoms. The number of aryl methyl sites for hydroxylation is 1. The molecule has 3 rings (SSSR count). The number of amides is 1. The van der Waals surface area contributed by atoms with Crippen LogP contribution in [0.4, 0.5) is 0 Å². The topological polar surface area (TPSA) is 77.5 Å². The molecule has 0 fully saturated rings. The molecule has 1 amide bonds. The van der Waals surface area contributed by atoms with Crippen LogP contribution < -0.4 is 5.32 Å². The Bertz CT molecular complexity index is 1030. The normalized spacial score (nSPS) is 10.5. The number of nitrogens with one attached hydrogen (secondary N) is 1. The maximum absolute atomic E-state index is 12.6. The van der Waals surface area contributed by atoms with Gasteiger partial charge in [0.2, 0.25) is 0 Å². The molecule has 31 heavy (non-hydrogen) atoms. The maximum Gasteiger partial charge on any atom is 0.339 e. The van der Waals surface area contributed by atoms with E-state index in [1.54, 1.807) is 19.9 Å². The number of hydrogen-bond donors (Lipinski definition) is 1. The molecule has 0 bridgehead atoms. The minimum absolute atomic E-state index is 0.253. The van der Waals surface area contributed by atoms with Crippen molar-refractivity contribution in [3.05, 3.63) is 100 Å². The Morgan fingerprint density at radius 3 is 2.32 bits per heavy atom. The third-order valence-corrected chi connectivity index (χ3v) is 4.74. The highest BCUT2D eigenvalue weighted by atomic mass is 16.5. The molecule has 1 N–H and O–H groups in total. The summed E-state index contributed by atoms with van der Waals surface area (Å²) >= 11 is 0. The minimum Gasteiger partial charge on any atom is -0.462 e. The van der Waals surface area contributed by atoms with Crippen LogP contribution in [0.5, 0.6) is 0 Å². The van der Waals surface area contributed by atoms with Gasteiger partial charge in [-0.05, 0) is 42.7 Å². The molecule has 0 radical (unpaired) electrons. The lowest BCUT2D eigenvalue weighted by Gasteiger charge is -2.12. The molecule has 1 aromatic heterocycles. The van der Waals surface area contributed by atoms with E-state index in [0.717, 1.165) is 16.7 Å². The number of pyridine rings is 1. The number of esters is 1. The van der Waals surface area contributed by atoms with Crippen molar-refractivity contribution in [1.82, 2.24) is 10.3 Å². The van der Waals surface area contributed by atoms with E-state index < -0.39 is 5.97 Å². The molecule has 0 unspecified atom stereocenters. The summed E-state index contributed by atoms with van der Waals surface area (Å²) in [4.78, 5) is 28.7. The van der Waals surface area contributed by atoms with Crippen LogP contribution in [-0.2, 0) is 29.2 Å². The average molecular weight is 418 g/mol. The summed E-state index contributed by atoms with van der Waals surface area (Å²) in [5.74, 6) is -0.748. The Morgan fingerprint density at radius 1 is 0.903 bits per heavy atom. The molecule has 6 nitrogen and oxygen atoms in total. The van der Waals surface area contributed by atoms with E-state index in [1.807, 2.05) is 54.6 Å². The van der Waals surface area contributed by atoms with E-state index in [1.165, 1.54) is 6.07 Å². The predicted octanol–water partition coefficient (Wildman–Crippen LogP) is 4.21. The second-order valence-electron chi connectivity index (χ2n) is 6.98. The van der Waals surface area contributed by atoms with Gasteiger partial charge in [0.05, 0.1) is 31.1 Å². The van der Waals surface area contributed by atoms with Crippen molar-refractivity contribution in [3.8, 4) is 0 Å². The van der Waals surface area contributed by atoms with E-state index in [-0.39, 0.29) is 18.2 Å². The smallest absolute Gasteiger partial charge is 0.339 e. The van der Waals surface area contributed by atoms with Gasteiger partial charge in [-0.15, -0.1) is 0 Å². The van der Waals surface area contributed by atoms with Crippen LogP contribution in [0.15, 0.2) is 66.7 Å². The standard InChI is InChI=1S/C25H26N2O4/c1-3-31-25(29)22-13-14-23(27-18(22)2)24(28)26-15-20-11-7-8-12-21(20)17-30-16-19-9-5-4-6-10-19/h4-14H,3,15-17H2,1-2H3,(H,26,28). The number of aromatic nitrogens is 1. The summed E-state index contributed by atoms with van der Waals surface area (Å²) in [5.41, 5.74) is 4.17. The first-order chi connectivity index (χ1) is 15.1. The molecule has 0 atom stereocenters. The van der Waals surface area contributed by atoms with Crippen molar-refractivity contribution < 1.29 is 19.1 Å². The SMILES string of the molecule is CCOC(=O)c1ccc(C(=O)NCc2ccccc2COCc2ccccc2)nc1C. The zero-order valence-corrected chi connectivity index (χ0v) is 17.8. The minimum atomic E-state index is -0.441. The number of carbonyl (C=O) groups is 2. The number of nitrogens with zero attached hydrogens (tertiary/aromatic N) is 1. The fraction of sp³-hybridized carbons (Fsp3) is 0.240. The summed E-state index contributed by atoms with van der Waals surface area (Å²) in [7, 11) is 0. The van der Waals surface area contributed by atoms with Gasteiger partial charge in [0.1, 0.15) is 5.69 Å². The molecule has 0 aliphatic heterocycles. The molecular weight excluding hydrogens is 392 g/mol. The first-order valence-corrected chi connectivity index (χ1v) is 10.2. The van der Waals surface area contributed by atoms with Crippen LogP contribution in [0.2, 0.25) is 0 Å². The van der Waals surface area contributed by atoms with Gasteiger partial charge in [-0.3, -0.25) is 4.79 Å². The van der Waals surface area contributed by atoms with Gasteiger partial charge in [-0.25, -0.2) is 9.78 Å². The lowest BCUT2D eigenvalue weighted by molar-refractivity contribution is 0.0524. The predicted molar refractivity (Wildman–Crippen MR) is 117 cm³/mol. The highest BCUT2D eigenvalue weighted by Crippen LogP contribution is 2.13.